The highest BCUT2D eigenvalue weighted by Gasteiger charge is 2.24. The maximum atomic E-state index is 11.1. The molecular formula is C11H12N4O7. The van der Waals surface area contributed by atoms with Gasteiger partial charge in [0.25, 0.3) is 11.4 Å². The number of amides is 1. The standard InChI is InChI=1S/C11H12N4O7/c12-10(16)4-3-8(11(17)18)13-7-2-1-6(14(19)20)5-9(7)15(21)22/h1-2,5,8,13H,3-4H2,(H2,12,16)(H,17,18)/t8-/m0/s1. The number of carbonyl (C=O) groups is 2. The van der Waals surface area contributed by atoms with Crippen molar-refractivity contribution in [2.45, 2.75) is 18.9 Å². The summed E-state index contributed by atoms with van der Waals surface area (Å²) < 4.78 is 0. The second-order valence-electron chi connectivity index (χ2n) is 4.26. The molecule has 0 aromatic heterocycles. The molecule has 0 fully saturated rings. The number of nitrogens with zero attached hydrogens (tertiary/aromatic N) is 2. The van der Waals surface area contributed by atoms with Gasteiger partial charge in [0.2, 0.25) is 5.91 Å². The van der Waals surface area contributed by atoms with E-state index < -0.39 is 39.1 Å². The number of carboxylic acid groups (broad SMARTS) is 1. The Hall–Kier alpha value is -3.24. The summed E-state index contributed by atoms with van der Waals surface area (Å²) in [5, 5.41) is 33.0. The second-order valence-corrected chi connectivity index (χ2v) is 4.26. The van der Waals surface area contributed by atoms with Crippen LogP contribution in [0.1, 0.15) is 12.8 Å². The van der Waals surface area contributed by atoms with Crippen LogP contribution in [0.15, 0.2) is 18.2 Å². The van der Waals surface area contributed by atoms with Gasteiger partial charge in [-0.1, -0.05) is 0 Å². The highest BCUT2D eigenvalue weighted by molar-refractivity contribution is 5.81. The minimum Gasteiger partial charge on any atom is -0.480 e. The zero-order chi connectivity index (χ0) is 16.9. The van der Waals surface area contributed by atoms with Gasteiger partial charge in [-0.3, -0.25) is 25.0 Å². The van der Waals surface area contributed by atoms with Crippen LogP contribution in [0, 0.1) is 20.2 Å². The molecule has 11 nitrogen and oxygen atoms in total. The van der Waals surface area contributed by atoms with E-state index in [1.165, 1.54) is 0 Å². The number of nitro benzene ring substituents is 2. The summed E-state index contributed by atoms with van der Waals surface area (Å²) in [5.41, 5.74) is 3.58. The number of aliphatic carboxylic acids is 1. The summed E-state index contributed by atoms with van der Waals surface area (Å²) in [4.78, 5) is 41.6. The monoisotopic (exact) mass is 312 g/mol. The minimum atomic E-state index is -1.34. The van der Waals surface area contributed by atoms with Gasteiger partial charge in [0.1, 0.15) is 11.7 Å². The van der Waals surface area contributed by atoms with Gasteiger partial charge < -0.3 is 16.2 Å². The van der Waals surface area contributed by atoms with E-state index in [1.807, 2.05) is 0 Å². The van der Waals surface area contributed by atoms with Crippen molar-refractivity contribution in [3.63, 3.8) is 0 Å². The molecule has 0 aliphatic rings. The van der Waals surface area contributed by atoms with Gasteiger partial charge in [-0.05, 0) is 12.5 Å². The average Bonchev–Trinajstić information content (AvgIpc) is 2.42. The molecule has 1 aromatic rings. The fourth-order valence-corrected chi connectivity index (χ4v) is 1.64. The summed E-state index contributed by atoms with van der Waals surface area (Å²) in [7, 11) is 0. The first-order valence-corrected chi connectivity index (χ1v) is 5.93. The lowest BCUT2D eigenvalue weighted by Gasteiger charge is -2.14. The van der Waals surface area contributed by atoms with Crippen molar-refractivity contribution in [3.05, 3.63) is 38.4 Å². The molecule has 0 unspecified atom stereocenters. The third kappa shape index (κ3) is 4.40. The molecule has 0 heterocycles. The average molecular weight is 312 g/mol. The molecule has 1 aromatic carbocycles. The number of anilines is 1. The summed E-state index contributed by atoms with van der Waals surface area (Å²) in [5.74, 6) is -2.06. The Kier molecular flexibility index (Phi) is 5.32. The van der Waals surface area contributed by atoms with Crippen LogP contribution in [-0.4, -0.2) is 32.9 Å². The number of nitro groups is 2. The van der Waals surface area contributed by atoms with E-state index in [0.717, 1.165) is 18.2 Å². The highest BCUT2D eigenvalue weighted by Crippen LogP contribution is 2.29. The van der Waals surface area contributed by atoms with Crippen LogP contribution < -0.4 is 11.1 Å². The molecule has 4 N–H and O–H groups in total. The molecule has 0 aliphatic carbocycles. The van der Waals surface area contributed by atoms with E-state index >= 15 is 0 Å². The number of carbonyl (C=O) groups excluding carboxylic acids is 1. The Labute approximate surface area is 123 Å². The van der Waals surface area contributed by atoms with E-state index in [4.69, 9.17) is 10.8 Å². The lowest BCUT2D eigenvalue weighted by atomic mass is 10.1. The zero-order valence-corrected chi connectivity index (χ0v) is 11.1. The molecular weight excluding hydrogens is 300 g/mol. The second kappa shape index (κ2) is 6.97. The first-order valence-electron chi connectivity index (χ1n) is 5.93. The molecule has 0 bridgehead atoms. The van der Waals surface area contributed by atoms with E-state index in [2.05, 4.69) is 5.32 Å². The Morgan fingerprint density at radius 2 is 1.91 bits per heavy atom. The van der Waals surface area contributed by atoms with Gasteiger partial charge in [-0.15, -0.1) is 0 Å². The molecule has 0 saturated carbocycles. The molecule has 22 heavy (non-hydrogen) atoms. The summed E-state index contributed by atoms with van der Waals surface area (Å²) in [6.45, 7) is 0. The number of benzene rings is 1. The van der Waals surface area contributed by atoms with Crippen LogP contribution in [0.4, 0.5) is 17.1 Å². The molecule has 0 spiro atoms. The van der Waals surface area contributed by atoms with Crippen LogP contribution >= 0.6 is 0 Å². The first-order chi connectivity index (χ1) is 10.2. The van der Waals surface area contributed by atoms with Crippen molar-refractivity contribution in [1.82, 2.24) is 0 Å². The number of carboxylic acids is 1. The van der Waals surface area contributed by atoms with Gasteiger partial charge >= 0.3 is 5.97 Å². The quantitative estimate of drug-likeness (QED) is 0.461. The smallest absolute Gasteiger partial charge is 0.326 e. The van der Waals surface area contributed by atoms with Gasteiger partial charge in [0.15, 0.2) is 0 Å². The predicted octanol–water partition coefficient (Wildman–Crippen LogP) is 0.634. The number of hydrogen-bond acceptors (Lipinski definition) is 7. The van der Waals surface area contributed by atoms with Crippen molar-refractivity contribution in [1.29, 1.82) is 0 Å². The predicted molar refractivity (Wildman–Crippen MR) is 73.2 cm³/mol. The largest absolute Gasteiger partial charge is 0.480 e. The number of nitrogens with two attached hydrogens (primary N) is 1. The topological polar surface area (TPSA) is 179 Å². The molecule has 0 radical (unpaired) electrons. The third-order valence-electron chi connectivity index (χ3n) is 2.70. The molecule has 1 atom stereocenters. The van der Waals surface area contributed by atoms with Crippen LogP contribution in [0.3, 0.4) is 0 Å². The van der Waals surface area contributed by atoms with Crippen molar-refractivity contribution >= 4 is 28.9 Å². The van der Waals surface area contributed by atoms with Crippen molar-refractivity contribution in [3.8, 4) is 0 Å². The number of hydrogen-bond donors (Lipinski definition) is 3. The summed E-state index contributed by atoms with van der Waals surface area (Å²) in [6, 6.07) is 1.46. The number of non-ortho nitro benzene ring substituents is 1. The van der Waals surface area contributed by atoms with Gasteiger partial charge in [0.05, 0.1) is 15.9 Å². The molecule has 1 amide bonds. The van der Waals surface area contributed by atoms with Crippen molar-refractivity contribution < 1.29 is 24.5 Å². The van der Waals surface area contributed by atoms with Gasteiger partial charge in [-0.25, -0.2) is 4.79 Å². The Balaban J connectivity index is 3.08. The van der Waals surface area contributed by atoms with Crippen molar-refractivity contribution in [2.24, 2.45) is 5.73 Å². The van der Waals surface area contributed by atoms with E-state index in [9.17, 15) is 29.8 Å². The van der Waals surface area contributed by atoms with E-state index in [1.54, 1.807) is 0 Å². The Morgan fingerprint density at radius 3 is 2.36 bits per heavy atom. The van der Waals surface area contributed by atoms with Crippen LogP contribution in [0.5, 0.6) is 0 Å². The SMILES string of the molecule is NC(=O)CC[C@H](Nc1ccc([N+](=O)[O-])cc1[N+](=O)[O-])C(=O)O. The number of nitrogens with one attached hydrogen (secondary N) is 1. The van der Waals surface area contributed by atoms with Gasteiger partial charge in [0, 0.05) is 12.5 Å². The number of primary amides is 1. The molecule has 0 aliphatic heterocycles. The van der Waals surface area contributed by atoms with Gasteiger partial charge in [-0.2, -0.15) is 0 Å². The fourth-order valence-electron chi connectivity index (χ4n) is 1.64. The summed E-state index contributed by atoms with van der Waals surface area (Å²) in [6.07, 6.45) is -0.413. The lowest BCUT2D eigenvalue weighted by Crippen LogP contribution is -2.31. The fraction of sp³-hybridized carbons (Fsp3) is 0.273. The zero-order valence-electron chi connectivity index (χ0n) is 11.1. The normalized spacial score (nSPS) is 11.5. The summed E-state index contributed by atoms with van der Waals surface area (Å²) >= 11 is 0. The van der Waals surface area contributed by atoms with Crippen LogP contribution in [-0.2, 0) is 9.59 Å². The first kappa shape index (κ1) is 16.8. The van der Waals surface area contributed by atoms with E-state index in [-0.39, 0.29) is 18.5 Å². The maximum Gasteiger partial charge on any atom is 0.326 e. The van der Waals surface area contributed by atoms with Crippen molar-refractivity contribution in [2.75, 3.05) is 5.32 Å². The van der Waals surface area contributed by atoms with Crippen LogP contribution in [0.25, 0.3) is 0 Å². The number of rotatable bonds is 8. The molecule has 11 heteroatoms. The minimum absolute atomic E-state index is 0.182. The Morgan fingerprint density at radius 1 is 1.27 bits per heavy atom. The third-order valence-corrected chi connectivity index (χ3v) is 2.70. The lowest BCUT2D eigenvalue weighted by molar-refractivity contribution is -0.393. The van der Waals surface area contributed by atoms with E-state index in [0.29, 0.717) is 0 Å². The highest BCUT2D eigenvalue weighted by atomic mass is 16.6. The molecule has 0 saturated heterocycles. The maximum absolute atomic E-state index is 11.1. The molecule has 1 rings (SSSR count). The van der Waals surface area contributed by atoms with Crippen LogP contribution in [0.2, 0.25) is 0 Å². The molecule has 118 valence electrons. The Bertz CT molecular complexity index is 631.